The molecule has 8 atom stereocenters. The van der Waals surface area contributed by atoms with Crippen LogP contribution in [0.25, 0.3) is 0 Å². The first-order chi connectivity index (χ1) is 22.2. The van der Waals surface area contributed by atoms with Crippen molar-refractivity contribution in [2.45, 2.75) is 96.1 Å². The van der Waals surface area contributed by atoms with Gasteiger partial charge in [-0.3, -0.25) is 9.00 Å². The van der Waals surface area contributed by atoms with Crippen molar-refractivity contribution >= 4 is 22.7 Å². The minimum absolute atomic E-state index is 0.184. The highest BCUT2D eigenvalue weighted by molar-refractivity contribution is 7.84. The van der Waals surface area contributed by atoms with Crippen LogP contribution >= 0.6 is 0 Å². The van der Waals surface area contributed by atoms with Gasteiger partial charge >= 0.3 is 18.2 Å². The summed E-state index contributed by atoms with van der Waals surface area (Å²) >= 11 is 0. The summed E-state index contributed by atoms with van der Waals surface area (Å²) in [5, 5.41) is 0. The molecule has 0 radical (unpaired) electrons. The van der Waals surface area contributed by atoms with Gasteiger partial charge in [-0.15, -0.1) is 0 Å². The largest absolute Gasteiger partial charge is 0.453 e. The van der Waals surface area contributed by atoms with Crippen molar-refractivity contribution in [1.29, 1.82) is 0 Å². The molecule has 0 bridgehead atoms. The number of rotatable bonds is 10. The lowest BCUT2D eigenvalue weighted by Gasteiger charge is -2.52. The van der Waals surface area contributed by atoms with E-state index in [0.717, 1.165) is 43.2 Å². The average Bonchev–Trinajstić information content (AvgIpc) is 3.70. The van der Waals surface area contributed by atoms with Crippen molar-refractivity contribution in [3.63, 3.8) is 0 Å². The molecule has 12 heteroatoms. The zero-order valence-corrected chi connectivity index (χ0v) is 28.0. The van der Waals surface area contributed by atoms with Crippen molar-refractivity contribution in [2.24, 2.45) is 35.0 Å². The van der Waals surface area contributed by atoms with Crippen molar-refractivity contribution in [1.82, 2.24) is 4.90 Å². The average molecular weight is 688 g/mol. The smallest absolute Gasteiger partial charge is 0.410 e. The Labute approximate surface area is 275 Å². The van der Waals surface area contributed by atoms with Gasteiger partial charge < -0.3 is 14.4 Å². The number of nitrogens with zero attached hydrogens (tertiary/aromatic N) is 1. The van der Waals surface area contributed by atoms with Gasteiger partial charge in [0.25, 0.3) is 0 Å². The Morgan fingerprint density at radius 1 is 1.09 bits per heavy atom. The Hall–Kier alpha value is -2.08. The topological polar surface area (TPSA) is 72.9 Å². The van der Waals surface area contributed by atoms with Gasteiger partial charge in [0.2, 0.25) is 0 Å². The molecule has 0 spiro atoms. The highest BCUT2D eigenvalue weighted by Crippen LogP contribution is 2.62. The number of hydrogen-bond acceptors (Lipinski definition) is 5. The van der Waals surface area contributed by atoms with Crippen molar-refractivity contribution in [2.75, 3.05) is 37.8 Å². The lowest BCUT2D eigenvalue weighted by atomic mass is 9.52. The number of aryl methyl sites for hydroxylation is 1. The normalized spacial score (nSPS) is 32.5. The van der Waals surface area contributed by atoms with Crippen LogP contribution in [-0.2, 0) is 33.2 Å². The van der Waals surface area contributed by atoms with Gasteiger partial charge in [0.15, 0.2) is 0 Å². The molecular weight excluding hydrogens is 641 g/mol. The van der Waals surface area contributed by atoms with E-state index in [9.17, 15) is 35.8 Å². The van der Waals surface area contributed by atoms with Crippen LogP contribution in [0, 0.1) is 35.0 Å². The van der Waals surface area contributed by atoms with E-state index >= 15 is 0 Å². The molecule has 2 aliphatic heterocycles. The molecule has 4 fully saturated rings. The third kappa shape index (κ3) is 6.75. The predicted molar refractivity (Wildman–Crippen MR) is 167 cm³/mol. The van der Waals surface area contributed by atoms with Gasteiger partial charge in [-0.25, -0.2) is 4.79 Å². The van der Waals surface area contributed by atoms with Crippen molar-refractivity contribution in [3.05, 3.63) is 28.8 Å². The van der Waals surface area contributed by atoms with E-state index in [0.29, 0.717) is 68.9 Å². The fourth-order valence-electron chi connectivity index (χ4n) is 9.48. The van der Waals surface area contributed by atoms with Gasteiger partial charge in [-0.1, -0.05) is 19.9 Å². The van der Waals surface area contributed by atoms with Crippen molar-refractivity contribution in [3.8, 4) is 5.75 Å². The van der Waals surface area contributed by atoms with Crippen molar-refractivity contribution < 1.29 is 45.2 Å². The molecular formula is C35H46F5NO5S. The number of halogens is 5. The van der Waals surface area contributed by atoms with Gasteiger partial charge in [0.05, 0.1) is 13.2 Å². The summed E-state index contributed by atoms with van der Waals surface area (Å²) in [7, 11) is -1.50. The number of benzene rings is 1. The van der Waals surface area contributed by atoms with E-state index in [1.165, 1.54) is 5.56 Å². The van der Waals surface area contributed by atoms with Gasteiger partial charge in [-0.2, -0.15) is 22.0 Å². The maximum absolute atomic E-state index is 13.3. The molecule has 6 rings (SSSR count). The monoisotopic (exact) mass is 687 g/mol. The lowest BCUT2D eigenvalue weighted by Crippen LogP contribution is -2.46. The summed E-state index contributed by atoms with van der Waals surface area (Å²) in [5.74, 6) is -2.19. The number of Topliss-reactive ketones (excluding diaryl/α,β-unsaturated/α-hetero) is 1. The van der Waals surface area contributed by atoms with E-state index in [-0.39, 0.29) is 46.7 Å². The van der Waals surface area contributed by atoms with Gasteiger partial charge in [0.1, 0.15) is 11.5 Å². The number of ketones is 1. The number of carbonyl (C=O) groups is 2. The van der Waals surface area contributed by atoms with Crippen LogP contribution < -0.4 is 4.74 Å². The van der Waals surface area contributed by atoms with E-state index < -0.39 is 35.7 Å². The van der Waals surface area contributed by atoms with E-state index in [1.54, 1.807) is 4.90 Å². The van der Waals surface area contributed by atoms with Crippen LogP contribution in [0.3, 0.4) is 0 Å². The predicted octanol–water partition coefficient (Wildman–Crippen LogP) is 7.48. The molecule has 1 aromatic rings. The number of fused-ring (bicyclic) bond motifs is 6. The Kier molecular flexibility index (Phi) is 9.86. The van der Waals surface area contributed by atoms with Gasteiger partial charge in [-0.05, 0) is 97.8 Å². The first-order valence-electron chi connectivity index (χ1n) is 17.2. The highest BCUT2D eigenvalue weighted by atomic mass is 32.2. The van der Waals surface area contributed by atoms with Crippen LogP contribution in [0.1, 0.15) is 87.8 Å². The second-order valence-electron chi connectivity index (χ2n) is 14.8. The number of hydrogen-bond donors (Lipinski definition) is 0. The van der Waals surface area contributed by atoms with Crippen LogP contribution in [0.15, 0.2) is 12.1 Å². The highest BCUT2D eigenvalue weighted by Gasteiger charge is 2.57. The molecule has 262 valence electrons. The van der Waals surface area contributed by atoms with E-state index in [4.69, 9.17) is 9.47 Å². The molecule has 6 nitrogen and oxygen atoms in total. The Bertz CT molecular complexity index is 1370. The fraction of sp³-hybridized carbons (Fsp3) is 0.771. The summed E-state index contributed by atoms with van der Waals surface area (Å²) in [6, 6.07) is 4.24. The van der Waals surface area contributed by atoms with Crippen LogP contribution in [0.5, 0.6) is 5.75 Å². The maximum Gasteiger partial charge on any atom is 0.453 e. The SMILES string of the molecule is CCc1cc2c(cc1OC(=O)N1CC3COCC3C1)C[C@@H](CCCS(=O)CCCC(F)(F)C(F)(F)F)[C@@H]1[C@@H]2CC[C@]2(C)C(=O)CC[C@@H]12. The molecule has 2 saturated heterocycles. The first-order valence-corrected chi connectivity index (χ1v) is 18.7. The summed E-state index contributed by atoms with van der Waals surface area (Å²) in [6.07, 6.45) is -1.92. The van der Waals surface area contributed by atoms with E-state index in [2.05, 4.69) is 19.9 Å². The molecule has 1 aromatic carbocycles. The third-order valence-corrected chi connectivity index (χ3v) is 13.6. The summed E-state index contributed by atoms with van der Waals surface area (Å²) in [5.41, 5.74) is 3.03. The van der Waals surface area contributed by atoms with Crippen LogP contribution in [-0.4, -0.2) is 70.9 Å². The molecule has 2 heterocycles. The van der Waals surface area contributed by atoms with Crippen LogP contribution in [0.4, 0.5) is 26.7 Å². The van der Waals surface area contributed by atoms with Crippen LogP contribution in [0.2, 0.25) is 0 Å². The zero-order valence-electron chi connectivity index (χ0n) is 27.2. The Balaban J connectivity index is 1.17. The second-order valence-corrected chi connectivity index (χ2v) is 16.5. The number of carbonyl (C=O) groups excluding carboxylic acids is 2. The number of amides is 1. The Morgan fingerprint density at radius 3 is 2.47 bits per heavy atom. The van der Waals surface area contributed by atoms with Gasteiger partial charge in [0, 0.05) is 65.5 Å². The fourth-order valence-corrected chi connectivity index (χ4v) is 10.6. The maximum atomic E-state index is 13.3. The van der Waals surface area contributed by atoms with E-state index in [1.807, 2.05) is 6.07 Å². The summed E-state index contributed by atoms with van der Waals surface area (Å²) in [4.78, 5) is 28.1. The first kappa shape index (κ1) is 34.8. The molecule has 5 aliphatic rings. The number of likely N-dealkylation sites (tertiary alicyclic amines) is 1. The summed E-state index contributed by atoms with van der Waals surface area (Å²) in [6.45, 7) is 6.77. The number of alkyl halides is 5. The second kappa shape index (κ2) is 13.3. The molecule has 0 aromatic heterocycles. The molecule has 1 amide bonds. The number of ether oxygens (including phenoxy) is 2. The zero-order chi connectivity index (χ0) is 33.7. The standard InChI is InChI=1S/C35H46F5NO5S/c1-3-21-15-27-23(16-29(21)46-32(43)41-17-24-19-45-20-25(24)18-41)14-22(31-26(27)9-11-33(2)28(31)7-8-30(33)42)6-4-12-47(44)13-5-10-34(36,37)35(38,39)40/h15-16,22,24-26,28,31H,3-14,17-20H2,1-2H3/t22-,24?,25?,26-,28+,31-,33+,47?/m1/s1. The quantitative estimate of drug-likeness (QED) is 0.239. The minimum Gasteiger partial charge on any atom is -0.410 e. The molecule has 3 aliphatic carbocycles. The molecule has 3 unspecified atom stereocenters. The minimum atomic E-state index is -5.60. The molecule has 2 saturated carbocycles. The Morgan fingerprint density at radius 2 is 1.79 bits per heavy atom. The summed E-state index contributed by atoms with van der Waals surface area (Å²) < 4.78 is 88.4. The lowest BCUT2D eigenvalue weighted by molar-refractivity contribution is -0.284. The molecule has 47 heavy (non-hydrogen) atoms. The third-order valence-electron chi connectivity index (χ3n) is 12.1. The molecule has 0 N–H and O–H groups in total.